The van der Waals surface area contributed by atoms with E-state index in [2.05, 4.69) is 10.1 Å². The van der Waals surface area contributed by atoms with E-state index in [1.165, 1.54) is 0 Å². The molecule has 1 atom stereocenters. The highest BCUT2D eigenvalue weighted by Gasteiger charge is 2.28. The first-order valence-electron chi connectivity index (χ1n) is 10.6. The maximum atomic E-state index is 13.3. The van der Waals surface area contributed by atoms with Gasteiger partial charge in [0.1, 0.15) is 6.04 Å². The summed E-state index contributed by atoms with van der Waals surface area (Å²) in [5, 5.41) is 1.66. The Morgan fingerprint density at radius 2 is 1.34 bits per heavy atom. The van der Waals surface area contributed by atoms with Gasteiger partial charge in [0.05, 0.1) is 16.3 Å². The number of amides is 1. The quantitative estimate of drug-likeness (QED) is 0.468. The highest BCUT2D eigenvalue weighted by Crippen LogP contribution is 2.23. The molecule has 0 aliphatic heterocycles. The number of carbonyl (C=O) groups excluding carboxylic acids is 1. The van der Waals surface area contributed by atoms with Crippen LogP contribution in [0.1, 0.15) is 25.8 Å². The molecule has 6 nitrogen and oxygen atoms in total. The van der Waals surface area contributed by atoms with Gasteiger partial charge < -0.3 is 0 Å². The fourth-order valence-electron chi connectivity index (χ4n) is 3.27. The summed E-state index contributed by atoms with van der Waals surface area (Å²) in [5.41, 5.74) is 5.39. The van der Waals surface area contributed by atoms with Crippen LogP contribution in [0.5, 0.6) is 0 Å². The number of hydrogen-bond acceptors (Lipinski definition) is 4. The Morgan fingerprint density at radius 1 is 0.844 bits per heavy atom. The maximum absolute atomic E-state index is 13.3. The van der Waals surface area contributed by atoms with Crippen molar-refractivity contribution < 1.29 is 13.2 Å². The van der Waals surface area contributed by atoms with Gasteiger partial charge in [0.2, 0.25) is 10.0 Å². The highest BCUT2D eigenvalue weighted by atomic mass is 32.2. The van der Waals surface area contributed by atoms with Crippen LogP contribution in [0.2, 0.25) is 0 Å². The van der Waals surface area contributed by atoms with E-state index in [0.29, 0.717) is 6.42 Å². The molecule has 3 aromatic rings. The lowest BCUT2D eigenvalue weighted by Gasteiger charge is -2.28. The minimum absolute atomic E-state index is 0.105. The fourth-order valence-corrected chi connectivity index (χ4v) is 4.48. The fraction of sp³-hybridized carbons (Fsp3) is 0.240. The molecule has 32 heavy (non-hydrogen) atoms. The summed E-state index contributed by atoms with van der Waals surface area (Å²) in [6.07, 6.45) is 0.356. The third-order valence-corrected chi connectivity index (χ3v) is 6.39. The van der Waals surface area contributed by atoms with Crippen molar-refractivity contribution in [1.82, 2.24) is 10.1 Å². The summed E-state index contributed by atoms with van der Waals surface area (Å²) in [6.45, 7) is 5.79. The number of hydrogen-bond donors (Lipinski definition) is 2. The molecule has 0 radical (unpaired) electrons. The number of rotatable bonds is 9. The summed E-state index contributed by atoms with van der Waals surface area (Å²) >= 11 is 0. The topological polar surface area (TPSA) is 78.5 Å². The van der Waals surface area contributed by atoms with Gasteiger partial charge in [-0.25, -0.2) is 8.42 Å². The van der Waals surface area contributed by atoms with E-state index in [-0.39, 0.29) is 10.8 Å². The molecule has 168 valence electrons. The lowest BCUT2D eigenvalue weighted by Crippen LogP contribution is -2.51. The zero-order valence-electron chi connectivity index (χ0n) is 18.5. The van der Waals surface area contributed by atoms with Gasteiger partial charge in [-0.15, -0.1) is 0 Å². The smallest absolute Gasteiger partial charge is 0.256 e. The number of nitrogens with zero attached hydrogens (tertiary/aromatic N) is 1. The van der Waals surface area contributed by atoms with Gasteiger partial charge in [0.15, 0.2) is 0 Å². The average molecular weight is 452 g/mol. The SMILES string of the molecule is Cc1ccc(S(=O)(=O)N[C@@H](CC(C)C)C(=O)NN(c2ccccc2)c2ccccc2)cc1. The highest BCUT2D eigenvalue weighted by molar-refractivity contribution is 7.89. The predicted octanol–water partition coefficient (Wildman–Crippen LogP) is 4.56. The zero-order chi connectivity index (χ0) is 23.1. The molecule has 0 aromatic heterocycles. The van der Waals surface area contributed by atoms with Crippen LogP contribution in [0.4, 0.5) is 11.4 Å². The van der Waals surface area contributed by atoms with Crippen LogP contribution in [-0.4, -0.2) is 20.4 Å². The molecule has 0 aliphatic rings. The van der Waals surface area contributed by atoms with Gasteiger partial charge in [-0.05, 0) is 55.7 Å². The van der Waals surface area contributed by atoms with E-state index in [1.807, 2.05) is 81.4 Å². The van der Waals surface area contributed by atoms with Crippen LogP contribution in [0, 0.1) is 12.8 Å². The standard InChI is InChI=1S/C25H29N3O3S/c1-19(2)18-24(27-32(30,31)23-16-14-20(3)15-17-23)25(29)26-28(21-10-6-4-7-11-21)22-12-8-5-9-13-22/h4-17,19,24,27H,18H2,1-3H3,(H,26,29)/t24-/m0/s1. The van der Waals surface area contributed by atoms with Crippen LogP contribution >= 0.6 is 0 Å². The Morgan fingerprint density at radius 3 is 1.81 bits per heavy atom. The molecule has 0 unspecified atom stereocenters. The molecular formula is C25H29N3O3S. The van der Waals surface area contributed by atoms with Gasteiger partial charge in [-0.2, -0.15) is 4.72 Å². The monoisotopic (exact) mass is 451 g/mol. The van der Waals surface area contributed by atoms with Crippen LogP contribution in [0.3, 0.4) is 0 Å². The van der Waals surface area contributed by atoms with Crippen molar-refractivity contribution in [3.05, 3.63) is 90.5 Å². The second kappa shape index (κ2) is 10.4. The van der Waals surface area contributed by atoms with Crippen molar-refractivity contribution in [2.24, 2.45) is 5.92 Å². The molecule has 0 heterocycles. The van der Waals surface area contributed by atoms with E-state index >= 15 is 0 Å². The molecule has 0 saturated carbocycles. The van der Waals surface area contributed by atoms with Crippen molar-refractivity contribution in [2.75, 3.05) is 5.01 Å². The van der Waals surface area contributed by atoms with E-state index in [9.17, 15) is 13.2 Å². The van der Waals surface area contributed by atoms with E-state index in [1.54, 1.807) is 29.3 Å². The Balaban J connectivity index is 1.88. The molecule has 0 aliphatic carbocycles. The minimum Gasteiger partial charge on any atom is -0.271 e. The molecule has 0 fully saturated rings. The third kappa shape index (κ3) is 6.18. The molecule has 0 spiro atoms. The predicted molar refractivity (Wildman–Crippen MR) is 128 cm³/mol. The first kappa shape index (κ1) is 23.5. The van der Waals surface area contributed by atoms with Crippen molar-refractivity contribution in [3.8, 4) is 0 Å². The summed E-state index contributed by atoms with van der Waals surface area (Å²) < 4.78 is 28.5. The lowest BCUT2D eigenvalue weighted by molar-refractivity contribution is -0.123. The zero-order valence-corrected chi connectivity index (χ0v) is 19.3. The summed E-state index contributed by atoms with van der Waals surface area (Å²) in [6, 6.07) is 24.4. The van der Waals surface area contributed by atoms with Gasteiger partial charge >= 0.3 is 0 Å². The number of aryl methyl sites for hydroxylation is 1. The Bertz CT molecular complexity index is 1080. The Labute approximate surface area is 190 Å². The summed E-state index contributed by atoms with van der Waals surface area (Å²) in [4.78, 5) is 13.5. The number of anilines is 2. The number of hydrazine groups is 1. The average Bonchev–Trinajstić information content (AvgIpc) is 2.78. The molecule has 2 N–H and O–H groups in total. The molecule has 3 rings (SSSR count). The number of carbonyl (C=O) groups is 1. The summed E-state index contributed by atoms with van der Waals surface area (Å²) in [7, 11) is -3.86. The number of sulfonamides is 1. The van der Waals surface area contributed by atoms with Gasteiger partial charge in [-0.3, -0.25) is 15.2 Å². The second-order valence-electron chi connectivity index (χ2n) is 8.10. The number of nitrogens with one attached hydrogen (secondary N) is 2. The summed E-state index contributed by atoms with van der Waals surface area (Å²) in [5.74, 6) is -0.324. The van der Waals surface area contributed by atoms with Crippen molar-refractivity contribution in [1.29, 1.82) is 0 Å². The van der Waals surface area contributed by atoms with E-state index in [4.69, 9.17) is 0 Å². The lowest BCUT2D eigenvalue weighted by atomic mass is 10.0. The van der Waals surface area contributed by atoms with Crippen molar-refractivity contribution in [2.45, 2.75) is 38.1 Å². The number of para-hydroxylation sites is 2. The molecule has 1 amide bonds. The van der Waals surface area contributed by atoms with Gasteiger partial charge in [-0.1, -0.05) is 67.9 Å². The first-order valence-corrected chi connectivity index (χ1v) is 12.0. The van der Waals surface area contributed by atoms with Crippen LogP contribution < -0.4 is 15.2 Å². The minimum atomic E-state index is -3.86. The first-order chi connectivity index (χ1) is 15.3. The Hall–Kier alpha value is -3.16. The molecule has 3 aromatic carbocycles. The van der Waals surface area contributed by atoms with Crippen LogP contribution in [-0.2, 0) is 14.8 Å². The third-order valence-electron chi connectivity index (χ3n) is 4.90. The molecular weight excluding hydrogens is 422 g/mol. The molecule has 0 saturated heterocycles. The van der Waals surface area contributed by atoms with Crippen LogP contribution in [0.25, 0.3) is 0 Å². The van der Waals surface area contributed by atoms with Crippen LogP contribution in [0.15, 0.2) is 89.8 Å². The van der Waals surface area contributed by atoms with Crippen molar-refractivity contribution in [3.63, 3.8) is 0 Å². The van der Waals surface area contributed by atoms with E-state index < -0.39 is 22.0 Å². The number of benzene rings is 3. The Kier molecular flexibility index (Phi) is 7.66. The van der Waals surface area contributed by atoms with Gasteiger partial charge in [0, 0.05) is 0 Å². The largest absolute Gasteiger partial charge is 0.271 e. The van der Waals surface area contributed by atoms with E-state index in [0.717, 1.165) is 16.9 Å². The molecule has 7 heteroatoms. The van der Waals surface area contributed by atoms with Gasteiger partial charge in [0.25, 0.3) is 5.91 Å². The maximum Gasteiger partial charge on any atom is 0.256 e. The second-order valence-corrected chi connectivity index (χ2v) is 9.81. The molecule has 0 bridgehead atoms. The normalized spacial score (nSPS) is 12.4. The van der Waals surface area contributed by atoms with Crippen molar-refractivity contribution >= 4 is 27.3 Å².